The number of hydrogen-bond acceptors (Lipinski definition) is 6. The summed E-state index contributed by atoms with van der Waals surface area (Å²) in [6.07, 6.45) is 5.72. The number of aromatic nitrogens is 2. The van der Waals surface area contributed by atoms with Crippen molar-refractivity contribution in [3.8, 4) is 17.2 Å². The van der Waals surface area contributed by atoms with E-state index in [-0.39, 0.29) is 18.2 Å². The number of rotatable bonds is 5. The quantitative estimate of drug-likeness (QED) is 0.751. The zero-order chi connectivity index (χ0) is 21.0. The number of carbonyl (C=O) groups excluding carboxylic acids is 1. The van der Waals surface area contributed by atoms with Crippen LogP contribution in [0.2, 0.25) is 0 Å². The number of nitrogens with zero attached hydrogens (tertiary/aromatic N) is 2. The number of alkyl carbamates (subject to hydrolysis) is 1. The van der Waals surface area contributed by atoms with Crippen molar-refractivity contribution in [2.45, 2.75) is 85.0 Å². The van der Waals surface area contributed by atoms with Gasteiger partial charge in [0.25, 0.3) is 0 Å². The number of ether oxygens (including phenoxy) is 2. The molecule has 0 aliphatic heterocycles. The van der Waals surface area contributed by atoms with Gasteiger partial charge in [-0.2, -0.15) is 0 Å². The second kappa shape index (κ2) is 8.84. The summed E-state index contributed by atoms with van der Waals surface area (Å²) >= 11 is 0. The maximum Gasteiger partial charge on any atom is 0.407 e. The zero-order valence-electron chi connectivity index (χ0n) is 18.0. The van der Waals surface area contributed by atoms with Crippen molar-refractivity contribution in [1.82, 2.24) is 15.5 Å². The molecule has 1 N–H and O–H groups in total. The van der Waals surface area contributed by atoms with Gasteiger partial charge in [0.05, 0.1) is 23.1 Å². The molecule has 0 atom stereocenters. The second-order valence-electron chi connectivity index (χ2n) is 8.68. The van der Waals surface area contributed by atoms with Gasteiger partial charge in [0.2, 0.25) is 0 Å². The number of nitrogens with one attached hydrogen (secondary N) is 1. The van der Waals surface area contributed by atoms with Crippen LogP contribution >= 0.6 is 0 Å². The maximum atomic E-state index is 12.0. The molecule has 1 aliphatic carbocycles. The van der Waals surface area contributed by atoms with Crippen molar-refractivity contribution in [3.63, 3.8) is 0 Å². The van der Waals surface area contributed by atoms with Crippen molar-refractivity contribution < 1.29 is 18.8 Å². The van der Waals surface area contributed by atoms with E-state index in [1.165, 1.54) is 19.3 Å². The van der Waals surface area contributed by atoms with Crippen LogP contribution in [0.25, 0.3) is 11.5 Å². The van der Waals surface area contributed by atoms with Crippen LogP contribution < -0.4 is 10.1 Å². The summed E-state index contributed by atoms with van der Waals surface area (Å²) in [5, 5.41) is 6.80. The molecule has 1 aliphatic rings. The number of amides is 1. The smallest absolute Gasteiger partial charge is 0.407 e. The van der Waals surface area contributed by atoms with Crippen LogP contribution in [-0.4, -0.2) is 27.9 Å². The number of pyridine rings is 1. The first-order valence-electron chi connectivity index (χ1n) is 10.3. The van der Waals surface area contributed by atoms with Gasteiger partial charge >= 0.3 is 6.09 Å². The Morgan fingerprint density at radius 1 is 1.17 bits per heavy atom. The predicted molar refractivity (Wildman–Crippen MR) is 110 cm³/mol. The van der Waals surface area contributed by atoms with Crippen molar-refractivity contribution >= 4 is 6.09 Å². The van der Waals surface area contributed by atoms with E-state index in [4.69, 9.17) is 14.0 Å². The van der Waals surface area contributed by atoms with Gasteiger partial charge in [0, 0.05) is 5.54 Å². The standard InChI is InChI=1S/C22H31N3O4/c1-14-17(13-27-21(26)24-22(3,4)5)20(29-25-14)18-11-12-19(15(2)23-18)28-16-9-7-6-8-10-16/h11-12,16H,6-10,13H2,1-5H3,(H,24,26). The molecule has 0 bridgehead atoms. The lowest BCUT2D eigenvalue weighted by atomic mass is 9.98. The highest BCUT2D eigenvalue weighted by molar-refractivity contribution is 5.68. The Labute approximate surface area is 172 Å². The average molecular weight is 402 g/mol. The molecule has 0 unspecified atom stereocenters. The predicted octanol–water partition coefficient (Wildman–Crippen LogP) is 5.09. The molecule has 1 amide bonds. The summed E-state index contributed by atoms with van der Waals surface area (Å²) < 4.78 is 17.0. The fourth-order valence-electron chi connectivity index (χ4n) is 3.40. The SMILES string of the molecule is Cc1nc(-c2onc(C)c2COC(=O)NC(C)(C)C)ccc1OC1CCCCC1. The molecule has 158 valence electrons. The summed E-state index contributed by atoms with van der Waals surface area (Å²) in [5.41, 5.74) is 2.47. The van der Waals surface area contributed by atoms with Gasteiger partial charge in [0.15, 0.2) is 5.76 Å². The minimum absolute atomic E-state index is 0.0631. The summed E-state index contributed by atoms with van der Waals surface area (Å²) in [7, 11) is 0. The Bertz CT molecular complexity index is 848. The fraction of sp³-hybridized carbons (Fsp3) is 0.591. The molecule has 2 aromatic heterocycles. The van der Waals surface area contributed by atoms with Crippen LogP contribution in [-0.2, 0) is 11.3 Å². The lowest BCUT2D eigenvalue weighted by molar-refractivity contribution is 0.131. The van der Waals surface area contributed by atoms with Crippen LogP contribution in [0, 0.1) is 13.8 Å². The van der Waals surface area contributed by atoms with Gasteiger partial charge < -0.3 is 19.3 Å². The highest BCUT2D eigenvalue weighted by atomic mass is 16.5. The van der Waals surface area contributed by atoms with Gasteiger partial charge in [-0.25, -0.2) is 9.78 Å². The highest BCUT2D eigenvalue weighted by Gasteiger charge is 2.21. The summed E-state index contributed by atoms with van der Waals surface area (Å²) in [6.45, 7) is 9.50. The van der Waals surface area contributed by atoms with Gasteiger partial charge in [-0.05, 0) is 72.4 Å². The van der Waals surface area contributed by atoms with E-state index < -0.39 is 6.09 Å². The van der Waals surface area contributed by atoms with Gasteiger partial charge in [-0.1, -0.05) is 11.6 Å². The molecule has 0 saturated heterocycles. The van der Waals surface area contributed by atoms with Gasteiger partial charge in [-0.15, -0.1) is 0 Å². The van der Waals surface area contributed by atoms with E-state index >= 15 is 0 Å². The summed E-state index contributed by atoms with van der Waals surface area (Å²) in [4.78, 5) is 16.6. The highest BCUT2D eigenvalue weighted by Crippen LogP contribution is 2.30. The first-order chi connectivity index (χ1) is 13.7. The molecule has 0 aromatic carbocycles. The number of hydrogen-bond donors (Lipinski definition) is 1. The van der Waals surface area contributed by atoms with Crippen LogP contribution in [0.1, 0.15) is 69.8 Å². The van der Waals surface area contributed by atoms with Crippen LogP contribution in [0.4, 0.5) is 4.79 Å². The third-order valence-corrected chi connectivity index (χ3v) is 4.93. The lowest BCUT2D eigenvalue weighted by Gasteiger charge is -2.23. The molecular weight excluding hydrogens is 370 g/mol. The Kier molecular flexibility index (Phi) is 6.45. The Morgan fingerprint density at radius 3 is 2.55 bits per heavy atom. The molecule has 29 heavy (non-hydrogen) atoms. The van der Waals surface area contributed by atoms with E-state index in [1.54, 1.807) is 0 Å². The van der Waals surface area contributed by atoms with Crippen molar-refractivity contribution in [1.29, 1.82) is 0 Å². The van der Waals surface area contributed by atoms with E-state index in [0.717, 1.165) is 24.3 Å². The van der Waals surface area contributed by atoms with Gasteiger partial charge in [0.1, 0.15) is 18.1 Å². The topological polar surface area (TPSA) is 86.5 Å². The third kappa shape index (κ3) is 5.71. The molecule has 7 heteroatoms. The average Bonchev–Trinajstić information content (AvgIpc) is 3.02. The summed E-state index contributed by atoms with van der Waals surface area (Å²) in [5.74, 6) is 1.32. The van der Waals surface area contributed by atoms with Crippen molar-refractivity contribution in [2.24, 2.45) is 0 Å². The first-order valence-corrected chi connectivity index (χ1v) is 10.3. The normalized spacial score (nSPS) is 15.2. The minimum Gasteiger partial charge on any atom is -0.489 e. The number of aryl methyl sites for hydroxylation is 2. The Balaban J connectivity index is 1.72. The van der Waals surface area contributed by atoms with E-state index in [2.05, 4.69) is 15.5 Å². The second-order valence-corrected chi connectivity index (χ2v) is 8.68. The maximum absolute atomic E-state index is 12.0. The third-order valence-electron chi connectivity index (χ3n) is 4.93. The fourth-order valence-corrected chi connectivity index (χ4v) is 3.40. The molecule has 0 radical (unpaired) electrons. The molecule has 2 aromatic rings. The van der Waals surface area contributed by atoms with Crippen molar-refractivity contribution in [2.75, 3.05) is 0 Å². The zero-order valence-corrected chi connectivity index (χ0v) is 18.0. The van der Waals surface area contributed by atoms with E-state index in [9.17, 15) is 4.79 Å². The van der Waals surface area contributed by atoms with Crippen LogP contribution in [0.15, 0.2) is 16.7 Å². The molecule has 0 spiro atoms. The molecule has 2 heterocycles. The molecule has 3 rings (SSSR count). The monoisotopic (exact) mass is 401 g/mol. The first kappa shape index (κ1) is 21.1. The number of carbonyl (C=O) groups is 1. The largest absolute Gasteiger partial charge is 0.489 e. The van der Waals surface area contributed by atoms with Gasteiger partial charge in [-0.3, -0.25) is 0 Å². The molecular formula is C22H31N3O4. The Hall–Kier alpha value is -2.57. The van der Waals surface area contributed by atoms with Crippen LogP contribution in [0.5, 0.6) is 5.75 Å². The minimum atomic E-state index is -0.482. The summed E-state index contributed by atoms with van der Waals surface area (Å²) in [6, 6.07) is 3.80. The van der Waals surface area contributed by atoms with E-state index in [1.807, 2.05) is 46.8 Å². The molecule has 1 fully saturated rings. The molecule has 7 nitrogen and oxygen atoms in total. The molecule has 1 saturated carbocycles. The van der Waals surface area contributed by atoms with E-state index in [0.29, 0.717) is 22.7 Å². The van der Waals surface area contributed by atoms with Crippen molar-refractivity contribution in [3.05, 3.63) is 29.1 Å². The lowest BCUT2D eigenvalue weighted by Crippen LogP contribution is -2.40. The Morgan fingerprint density at radius 2 is 1.90 bits per heavy atom. The van der Waals surface area contributed by atoms with Crippen LogP contribution in [0.3, 0.4) is 0 Å².